The minimum absolute atomic E-state index is 0.302. The monoisotopic (exact) mass is 268 g/mol. The molecular weight excluding hydrogens is 259 g/mol. The van der Waals surface area contributed by atoms with Gasteiger partial charge in [-0.05, 0) is 19.1 Å². The van der Waals surface area contributed by atoms with E-state index in [-0.39, 0.29) is 0 Å². The molecule has 0 saturated heterocycles. The molecule has 88 valence electrons. The average Bonchev–Trinajstić information content (AvgIpc) is 2.34. The van der Waals surface area contributed by atoms with Crippen LogP contribution in [0.4, 0.5) is 0 Å². The molecular formula is C12H10Cl2N2O. The summed E-state index contributed by atoms with van der Waals surface area (Å²) in [5.74, 6) is 0.751. The molecule has 1 heterocycles. The summed E-state index contributed by atoms with van der Waals surface area (Å²) < 4.78 is 5.54. The van der Waals surface area contributed by atoms with Crippen LogP contribution in [0.3, 0.4) is 0 Å². The van der Waals surface area contributed by atoms with Crippen molar-refractivity contribution < 1.29 is 4.74 Å². The largest absolute Gasteiger partial charge is 0.493 e. The molecule has 0 N–H and O–H groups in total. The van der Waals surface area contributed by atoms with E-state index in [1.807, 2.05) is 31.2 Å². The van der Waals surface area contributed by atoms with Gasteiger partial charge in [-0.25, -0.2) is 0 Å². The molecule has 0 aliphatic heterocycles. The smallest absolute Gasteiger partial charge is 0.159 e. The Balaban J connectivity index is 2.55. The van der Waals surface area contributed by atoms with Crippen molar-refractivity contribution in [3.63, 3.8) is 0 Å². The van der Waals surface area contributed by atoms with Crippen LogP contribution in [0.1, 0.15) is 6.92 Å². The van der Waals surface area contributed by atoms with Crippen LogP contribution in [0.15, 0.2) is 30.3 Å². The van der Waals surface area contributed by atoms with Gasteiger partial charge < -0.3 is 4.74 Å². The van der Waals surface area contributed by atoms with Crippen LogP contribution in [0.2, 0.25) is 10.3 Å². The highest BCUT2D eigenvalue weighted by atomic mass is 35.5. The first-order valence-corrected chi connectivity index (χ1v) is 5.89. The van der Waals surface area contributed by atoms with Crippen LogP contribution in [0, 0.1) is 0 Å². The fourth-order valence-electron chi connectivity index (χ4n) is 1.51. The fraction of sp³-hybridized carbons (Fsp3) is 0.167. The zero-order valence-corrected chi connectivity index (χ0v) is 10.7. The maximum absolute atomic E-state index is 6.02. The van der Waals surface area contributed by atoms with Gasteiger partial charge in [-0.2, -0.15) is 0 Å². The van der Waals surface area contributed by atoms with E-state index in [0.717, 1.165) is 16.9 Å². The number of halogens is 2. The van der Waals surface area contributed by atoms with Gasteiger partial charge in [0.25, 0.3) is 0 Å². The molecule has 0 spiro atoms. The minimum Gasteiger partial charge on any atom is -0.493 e. The van der Waals surface area contributed by atoms with Crippen molar-refractivity contribution in [2.75, 3.05) is 6.61 Å². The first-order valence-electron chi connectivity index (χ1n) is 5.13. The average molecular weight is 269 g/mol. The van der Waals surface area contributed by atoms with Gasteiger partial charge in [0.1, 0.15) is 5.75 Å². The summed E-state index contributed by atoms with van der Waals surface area (Å²) in [6.45, 7) is 2.51. The number of hydrogen-bond donors (Lipinski definition) is 0. The second kappa shape index (κ2) is 5.34. The third kappa shape index (κ3) is 2.68. The third-order valence-corrected chi connectivity index (χ3v) is 2.66. The number of aromatic nitrogens is 2. The molecule has 1 aromatic carbocycles. The second-order valence-corrected chi connectivity index (χ2v) is 4.05. The Kier molecular flexibility index (Phi) is 3.82. The standard InChI is InChI=1S/C12H10Cl2N2O/c1-2-17-10-6-4-3-5-8(10)9-7-11(13)15-16-12(9)14/h3-7H,2H2,1H3. The Labute approximate surface area is 109 Å². The lowest BCUT2D eigenvalue weighted by Crippen LogP contribution is -1.95. The highest BCUT2D eigenvalue weighted by molar-refractivity contribution is 6.33. The van der Waals surface area contributed by atoms with Gasteiger partial charge in [0.15, 0.2) is 10.3 Å². The van der Waals surface area contributed by atoms with Gasteiger partial charge in [0.05, 0.1) is 6.61 Å². The van der Waals surface area contributed by atoms with E-state index in [1.54, 1.807) is 6.07 Å². The highest BCUT2D eigenvalue weighted by Crippen LogP contribution is 2.34. The molecule has 0 aliphatic carbocycles. The maximum Gasteiger partial charge on any atom is 0.159 e. The molecule has 3 nitrogen and oxygen atoms in total. The molecule has 2 rings (SSSR count). The van der Waals surface area contributed by atoms with E-state index < -0.39 is 0 Å². The predicted octanol–water partition coefficient (Wildman–Crippen LogP) is 3.85. The van der Waals surface area contributed by atoms with Crippen LogP contribution in [-0.4, -0.2) is 16.8 Å². The number of hydrogen-bond acceptors (Lipinski definition) is 3. The highest BCUT2D eigenvalue weighted by Gasteiger charge is 2.11. The molecule has 5 heteroatoms. The van der Waals surface area contributed by atoms with Crippen LogP contribution in [0.5, 0.6) is 5.75 Å². The molecule has 17 heavy (non-hydrogen) atoms. The molecule has 0 amide bonds. The molecule has 0 aliphatic rings. The fourth-order valence-corrected chi connectivity index (χ4v) is 1.85. The molecule has 0 fully saturated rings. The van der Waals surface area contributed by atoms with Gasteiger partial charge in [-0.3, -0.25) is 0 Å². The third-order valence-electron chi connectivity index (χ3n) is 2.20. The summed E-state index contributed by atoms with van der Waals surface area (Å²) in [6.07, 6.45) is 0. The van der Waals surface area contributed by atoms with E-state index in [1.165, 1.54) is 0 Å². The number of rotatable bonds is 3. The van der Waals surface area contributed by atoms with Crippen molar-refractivity contribution in [3.05, 3.63) is 40.6 Å². The molecule has 2 aromatic rings. The topological polar surface area (TPSA) is 35.0 Å². The Bertz CT molecular complexity index is 532. The quantitative estimate of drug-likeness (QED) is 0.848. The van der Waals surface area contributed by atoms with Crippen LogP contribution in [0.25, 0.3) is 11.1 Å². The summed E-state index contributed by atoms with van der Waals surface area (Å²) in [6, 6.07) is 9.27. The molecule has 0 unspecified atom stereocenters. The summed E-state index contributed by atoms with van der Waals surface area (Å²) in [5, 5.41) is 8.08. The Morgan fingerprint density at radius 1 is 1.12 bits per heavy atom. The minimum atomic E-state index is 0.302. The Hall–Kier alpha value is -1.32. The maximum atomic E-state index is 6.02. The van der Waals surface area contributed by atoms with Gasteiger partial charge in [0.2, 0.25) is 0 Å². The summed E-state index contributed by atoms with van der Waals surface area (Å²) >= 11 is 11.8. The Morgan fingerprint density at radius 2 is 1.88 bits per heavy atom. The van der Waals surface area contributed by atoms with Crippen molar-refractivity contribution in [1.82, 2.24) is 10.2 Å². The van der Waals surface area contributed by atoms with Crippen molar-refractivity contribution in [3.8, 4) is 16.9 Å². The molecule has 0 radical (unpaired) electrons. The van der Waals surface area contributed by atoms with E-state index in [4.69, 9.17) is 27.9 Å². The summed E-state index contributed by atoms with van der Waals surface area (Å²) in [5.41, 5.74) is 1.58. The first kappa shape index (κ1) is 12.1. The number of ether oxygens (including phenoxy) is 1. The lowest BCUT2D eigenvalue weighted by molar-refractivity contribution is 0.341. The number of para-hydroxylation sites is 1. The van der Waals surface area contributed by atoms with E-state index in [9.17, 15) is 0 Å². The number of benzene rings is 1. The van der Waals surface area contributed by atoms with E-state index in [2.05, 4.69) is 10.2 Å². The van der Waals surface area contributed by atoms with Crippen LogP contribution in [-0.2, 0) is 0 Å². The predicted molar refractivity (Wildman–Crippen MR) is 68.7 cm³/mol. The normalized spacial score (nSPS) is 10.3. The van der Waals surface area contributed by atoms with Gasteiger partial charge >= 0.3 is 0 Å². The van der Waals surface area contributed by atoms with E-state index >= 15 is 0 Å². The van der Waals surface area contributed by atoms with Crippen LogP contribution < -0.4 is 4.74 Å². The van der Waals surface area contributed by atoms with E-state index in [0.29, 0.717) is 16.9 Å². The summed E-state index contributed by atoms with van der Waals surface area (Å²) in [7, 11) is 0. The van der Waals surface area contributed by atoms with Gasteiger partial charge in [-0.15, -0.1) is 10.2 Å². The van der Waals surface area contributed by atoms with Crippen molar-refractivity contribution in [2.45, 2.75) is 6.92 Å². The molecule has 0 saturated carbocycles. The zero-order valence-electron chi connectivity index (χ0n) is 9.15. The molecule has 0 atom stereocenters. The molecule has 0 bridgehead atoms. The second-order valence-electron chi connectivity index (χ2n) is 3.30. The lowest BCUT2D eigenvalue weighted by atomic mass is 10.1. The lowest BCUT2D eigenvalue weighted by Gasteiger charge is -2.10. The number of nitrogens with zero attached hydrogens (tertiary/aromatic N) is 2. The van der Waals surface area contributed by atoms with Gasteiger partial charge in [0, 0.05) is 11.1 Å². The Morgan fingerprint density at radius 3 is 2.65 bits per heavy atom. The van der Waals surface area contributed by atoms with Gasteiger partial charge in [-0.1, -0.05) is 41.4 Å². The first-order chi connectivity index (χ1) is 8.22. The van der Waals surface area contributed by atoms with Crippen molar-refractivity contribution >= 4 is 23.2 Å². The van der Waals surface area contributed by atoms with Crippen molar-refractivity contribution in [2.24, 2.45) is 0 Å². The molecule has 1 aromatic heterocycles. The SMILES string of the molecule is CCOc1ccccc1-c1cc(Cl)nnc1Cl. The van der Waals surface area contributed by atoms with Crippen LogP contribution >= 0.6 is 23.2 Å². The summed E-state index contributed by atoms with van der Waals surface area (Å²) in [4.78, 5) is 0. The zero-order chi connectivity index (χ0) is 12.3. The van der Waals surface area contributed by atoms with Crippen molar-refractivity contribution in [1.29, 1.82) is 0 Å².